The Morgan fingerprint density at radius 2 is 1.89 bits per heavy atom. The highest BCUT2D eigenvalue weighted by molar-refractivity contribution is 7.99. The van der Waals surface area contributed by atoms with E-state index >= 15 is 0 Å². The number of hydrogen-bond donors (Lipinski definition) is 0. The highest BCUT2D eigenvalue weighted by Crippen LogP contribution is 2.28. The number of nitrogens with zero attached hydrogens (tertiary/aromatic N) is 2. The van der Waals surface area contributed by atoms with Gasteiger partial charge in [-0.05, 0) is 42.8 Å². The van der Waals surface area contributed by atoms with Gasteiger partial charge in [0, 0.05) is 5.56 Å². The van der Waals surface area contributed by atoms with Gasteiger partial charge in [0.2, 0.25) is 0 Å². The molecule has 1 heterocycles. The Kier molecular flexibility index (Phi) is 6.54. The number of carbonyl (C=O) groups is 1. The summed E-state index contributed by atoms with van der Waals surface area (Å²) in [7, 11) is 3.07. The average Bonchev–Trinajstić information content (AvgIpc) is 3.18. The second-order valence-corrected chi connectivity index (χ2v) is 6.78. The Labute approximate surface area is 167 Å². The third kappa shape index (κ3) is 5.04. The van der Waals surface area contributed by atoms with Gasteiger partial charge in [0.25, 0.3) is 11.1 Å². The smallest absolute Gasteiger partial charge is 0.277 e. The highest BCUT2D eigenvalue weighted by atomic mass is 32.2. The summed E-state index contributed by atoms with van der Waals surface area (Å²) in [4.78, 5) is 12.4. The average molecular weight is 400 g/mol. The van der Waals surface area contributed by atoms with Crippen LogP contribution in [0.15, 0.2) is 52.1 Å². The molecule has 8 heteroatoms. The Balaban J connectivity index is 1.54. The van der Waals surface area contributed by atoms with E-state index in [1.165, 1.54) is 18.9 Å². The summed E-state index contributed by atoms with van der Waals surface area (Å²) in [6, 6.07) is 12.7. The number of hydrogen-bond acceptors (Lipinski definition) is 8. The van der Waals surface area contributed by atoms with E-state index in [1.54, 1.807) is 25.3 Å². The summed E-state index contributed by atoms with van der Waals surface area (Å²) in [6.07, 6.45) is 0. The van der Waals surface area contributed by atoms with Crippen molar-refractivity contribution < 1.29 is 23.4 Å². The lowest BCUT2D eigenvalue weighted by Gasteiger charge is -2.08. The van der Waals surface area contributed by atoms with Gasteiger partial charge >= 0.3 is 0 Å². The van der Waals surface area contributed by atoms with Crippen molar-refractivity contribution >= 4 is 17.5 Å². The molecule has 7 nitrogen and oxygen atoms in total. The van der Waals surface area contributed by atoms with E-state index in [4.69, 9.17) is 18.6 Å². The maximum atomic E-state index is 12.4. The standard InChI is InChI=1S/C20H20N2O5S/c1-13-5-4-6-15(9-13)26-11-19-21-22-20(27-19)28-12-16(23)14-7-8-17(24-2)18(10-14)25-3/h4-10H,11-12H2,1-3H3. The molecule has 0 amide bonds. The van der Waals surface area contributed by atoms with Gasteiger partial charge in [-0.15, -0.1) is 10.2 Å². The van der Waals surface area contributed by atoms with Crippen LogP contribution >= 0.6 is 11.8 Å². The predicted octanol–water partition coefficient (Wildman–Crippen LogP) is 3.95. The van der Waals surface area contributed by atoms with Crippen molar-refractivity contribution in [2.75, 3.05) is 20.0 Å². The van der Waals surface area contributed by atoms with E-state index in [0.29, 0.717) is 28.2 Å². The van der Waals surface area contributed by atoms with Gasteiger partial charge in [-0.3, -0.25) is 4.79 Å². The molecular formula is C20H20N2O5S. The maximum absolute atomic E-state index is 12.4. The van der Waals surface area contributed by atoms with Gasteiger partial charge < -0.3 is 18.6 Å². The van der Waals surface area contributed by atoms with Crippen LogP contribution in [0.3, 0.4) is 0 Å². The van der Waals surface area contributed by atoms with Crippen LogP contribution in [0.5, 0.6) is 17.2 Å². The fraction of sp³-hybridized carbons (Fsp3) is 0.250. The highest BCUT2D eigenvalue weighted by Gasteiger charge is 2.14. The molecule has 2 aromatic carbocycles. The Hall–Kier alpha value is -3.00. The van der Waals surface area contributed by atoms with Crippen molar-refractivity contribution in [1.29, 1.82) is 0 Å². The van der Waals surface area contributed by atoms with Crippen LogP contribution in [0.2, 0.25) is 0 Å². The number of methoxy groups -OCH3 is 2. The first-order valence-electron chi connectivity index (χ1n) is 8.49. The molecule has 0 bridgehead atoms. The number of benzene rings is 2. The second-order valence-electron chi connectivity index (χ2n) is 5.85. The molecule has 0 radical (unpaired) electrons. The Bertz CT molecular complexity index is 957. The van der Waals surface area contributed by atoms with Gasteiger partial charge in [-0.2, -0.15) is 0 Å². The lowest BCUT2D eigenvalue weighted by Crippen LogP contribution is -2.03. The van der Waals surface area contributed by atoms with Crippen LogP contribution in [0.1, 0.15) is 21.8 Å². The van der Waals surface area contributed by atoms with E-state index in [1.807, 2.05) is 31.2 Å². The molecule has 0 aliphatic carbocycles. The zero-order valence-electron chi connectivity index (χ0n) is 15.8. The minimum atomic E-state index is -0.0817. The normalized spacial score (nSPS) is 10.5. The van der Waals surface area contributed by atoms with E-state index < -0.39 is 0 Å². The zero-order valence-corrected chi connectivity index (χ0v) is 16.6. The number of ketones is 1. The SMILES string of the molecule is COc1ccc(C(=O)CSc2nnc(COc3cccc(C)c3)o2)cc1OC. The molecule has 0 atom stereocenters. The molecule has 1 aromatic heterocycles. The largest absolute Gasteiger partial charge is 0.493 e. The third-order valence-corrected chi connectivity index (χ3v) is 4.65. The number of carbonyl (C=O) groups excluding carboxylic acids is 1. The van der Waals surface area contributed by atoms with E-state index in [9.17, 15) is 4.79 Å². The van der Waals surface area contributed by atoms with Crippen molar-refractivity contribution in [2.24, 2.45) is 0 Å². The fourth-order valence-corrected chi connectivity index (χ4v) is 3.10. The van der Waals surface area contributed by atoms with Crippen LogP contribution in [0, 0.1) is 6.92 Å². The number of thioether (sulfide) groups is 1. The second kappa shape index (κ2) is 9.27. The summed E-state index contributed by atoms with van der Waals surface area (Å²) in [5.41, 5.74) is 1.63. The maximum Gasteiger partial charge on any atom is 0.277 e. The topological polar surface area (TPSA) is 83.7 Å². The molecule has 0 saturated heterocycles. The van der Waals surface area contributed by atoms with Crippen LogP contribution in [-0.2, 0) is 6.61 Å². The summed E-state index contributed by atoms with van der Waals surface area (Å²) < 4.78 is 21.6. The van der Waals surface area contributed by atoms with E-state index in [2.05, 4.69) is 10.2 Å². The van der Waals surface area contributed by atoms with Crippen molar-refractivity contribution in [3.63, 3.8) is 0 Å². The summed E-state index contributed by atoms with van der Waals surface area (Å²) in [5.74, 6) is 2.24. The van der Waals surface area contributed by atoms with Crippen LogP contribution < -0.4 is 14.2 Å². The van der Waals surface area contributed by atoms with Crippen LogP contribution in [-0.4, -0.2) is 36.0 Å². The lowest BCUT2D eigenvalue weighted by molar-refractivity contribution is 0.102. The quantitative estimate of drug-likeness (QED) is 0.394. The van der Waals surface area contributed by atoms with E-state index in [-0.39, 0.29) is 18.1 Å². The Morgan fingerprint density at radius 1 is 1.07 bits per heavy atom. The van der Waals surface area contributed by atoms with Crippen molar-refractivity contribution in [2.45, 2.75) is 18.8 Å². The first kappa shape index (κ1) is 19.8. The Morgan fingerprint density at radius 3 is 2.64 bits per heavy atom. The van der Waals surface area contributed by atoms with Gasteiger partial charge in [0.1, 0.15) is 5.75 Å². The molecule has 3 aromatic rings. The summed E-state index contributed by atoms with van der Waals surface area (Å²) in [5, 5.41) is 8.20. The van der Waals surface area contributed by atoms with Gasteiger partial charge in [-0.25, -0.2) is 0 Å². The molecule has 0 unspecified atom stereocenters. The number of aromatic nitrogens is 2. The summed E-state index contributed by atoms with van der Waals surface area (Å²) >= 11 is 1.17. The molecule has 0 aliphatic rings. The lowest BCUT2D eigenvalue weighted by atomic mass is 10.1. The molecule has 28 heavy (non-hydrogen) atoms. The minimum absolute atomic E-state index is 0.0817. The monoisotopic (exact) mass is 400 g/mol. The fourth-order valence-electron chi connectivity index (χ4n) is 2.43. The summed E-state index contributed by atoms with van der Waals surface area (Å²) in [6.45, 7) is 2.16. The molecule has 0 aliphatic heterocycles. The zero-order chi connectivity index (χ0) is 19.9. The first-order valence-corrected chi connectivity index (χ1v) is 9.47. The van der Waals surface area contributed by atoms with Gasteiger partial charge in [0.05, 0.1) is 20.0 Å². The molecular weight excluding hydrogens is 380 g/mol. The first-order chi connectivity index (χ1) is 13.6. The molecule has 0 N–H and O–H groups in total. The van der Waals surface area contributed by atoms with Crippen LogP contribution in [0.4, 0.5) is 0 Å². The van der Waals surface area contributed by atoms with Crippen molar-refractivity contribution in [3.05, 3.63) is 59.5 Å². The number of Topliss-reactive ketones (excluding diaryl/α,β-unsaturated/α-hetero) is 1. The minimum Gasteiger partial charge on any atom is -0.493 e. The molecule has 0 spiro atoms. The van der Waals surface area contributed by atoms with Crippen molar-refractivity contribution in [3.8, 4) is 17.2 Å². The third-order valence-electron chi connectivity index (χ3n) is 3.83. The predicted molar refractivity (Wildman–Crippen MR) is 104 cm³/mol. The van der Waals surface area contributed by atoms with Crippen LogP contribution in [0.25, 0.3) is 0 Å². The van der Waals surface area contributed by atoms with Gasteiger partial charge in [-0.1, -0.05) is 23.9 Å². The molecule has 146 valence electrons. The number of aryl methyl sites for hydroxylation is 1. The number of rotatable bonds is 9. The van der Waals surface area contributed by atoms with Crippen molar-refractivity contribution in [1.82, 2.24) is 10.2 Å². The molecule has 3 rings (SSSR count). The number of ether oxygens (including phenoxy) is 3. The molecule has 0 fully saturated rings. The van der Waals surface area contributed by atoms with Gasteiger partial charge in [0.15, 0.2) is 23.9 Å². The van der Waals surface area contributed by atoms with E-state index in [0.717, 1.165) is 11.3 Å². The molecule has 0 saturated carbocycles.